The van der Waals surface area contributed by atoms with Crippen LogP contribution < -0.4 is 39.3 Å². The smallest absolute Gasteiger partial charge is 0.280 e. The van der Waals surface area contributed by atoms with Crippen LogP contribution in [0.2, 0.25) is 15.1 Å². The Labute approximate surface area is 579 Å². The zero-order chi connectivity index (χ0) is 67.0. The van der Waals surface area contributed by atoms with Gasteiger partial charge in [-0.25, -0.2) is 22.3 Å². The molecule has 12 rings (SSSR count). The molecule has 516 valence electrons. The number of halogens is 6. The maximum absolute atomic E-state index is 13.4. The SMILES string of the molecule is C.C.C.CN1C(C(=O)Nc2ccc(F)c(Cl)c2)CC(c2ccc(-c3nncn3C)s2)NS1(=O)=O.CN1[C@@H](C(=O)Nc2ccc(F)c(Cl)c2)C[C@@H](c2ccc(-c3[nH]nc[n+]3C)s2)NS1(=O)=O.CN1[C@H](C(=O)Nc2ccc(F)c(Cl)c2)C[C@H](c2ccc(-c3[nH]nc[n+]3C)s2)NS1(=O)=O. The Balaban J connectivity index is 0.000000200. The number of anilines is 3. The number of nitrogens with zero attached hydrogens (tertiary/aromatic N) is 10. The summed E-state index contributed by atoms with van der Waals surface area (Å²) in [6.07, 6.45) is 5.48. The number of hydrogen-bond donors (Lipinski definition) is 8. The van der Waals surface area contributed by atoms with Gasteiger partial charge in [0.25, 0.3) is 54.9 Å². The highest BCUT2D eigenvalue weighted by atomic mass is 35.5. The van der Waals surface area contributed by atoms with Crippen molar-refractivity contribution in [2.45, 2.75) is 77.8 Å². The van der Waals surface area contributed by atoms with Gasteiger partial charge in [-0.1, -0.05) is 57.1 Å². The second-order valence-electron chi connectivity index (χ2n) is 21.2. The molecule has 8 N–H and O–H groups in total. The largest absolute Gasteiger partial charge is 0.325 e. The molecule has 0 spiro atoms. The molecule has 6 aromatic heterocycles. The maximum atomic E-state index is 13.4. The molecule has 9 aromatic rings. The van der Waals surface area contributed by atoms with E-state index in [-0.39, 0.29) is 73.7 Å². The van der Waals surface area contributed by atoms with E-state index >= 15 is 0 Å². The van der Waals surface area contributed by atoms with E-state index in [1.807, 2.05) is 66.7 Å². The number of amides is 3. The summed E-state index contributed by atoms with van der Waals surface area (Å²) in [5.41, 5.74) is 0.836. The van der Waals surface area contributed by atoms with Crippen LogP contribution in [-0.4, -0.2) is 130 Å². The molecule has 96 heavy (non-hydrogen) atoms. The van der Waals surface area contributed by atoms with Gasteiger partial charge in [0.2, 0.25) is 17.7 Å². The van der Waals surface area contributed by atoms with Crippen LogP contribution >= 0.6 is 68.8 Å². The topological polar surface area (TPSA) is 331 Å². The van der Waals surface area contributed by atoms with Crippen LogP contribution in [0.3, 0.4) is 0 Å². The van der Waals surface area contributed by atoms with Crippen LogP contribution in [0, 0.1) is 17.5 Å². The summed E-state index contributed by atoms with van der Waals surface area (Å²) in [4.78, 5) is 43.5. The van der Waals surface area contributed by atoms with Gasteiger partial charge >= 0.3 is 0 Å². The lowest BCUT2D eigenvalue weighted by Crippen LogP contribution is -2.55. The first-order valence-electron chi connectivity index (χ1n) is 27.4. The Morgan fingerprint density at radius 1 is 0.510 bits per heavy atom. The molecule has 3 amide bonds. The van der Waals surface area contributed by atoms with E-state index in [4.69, 9.17) is 34.8 Å². The highest BCUT2D eigenvalue weighted by molar-refractivity contribution is 7.87. The quantitative estimate of drug-likeness (QED) is 0.0533. The third-order valence-corrected chi connectivity index (χ3v) is 24.3. The molecule has 3 aliphatic heterocycles. The standard InChI is InChI=1S/3C18H18ClFN6O3S2.3CH4/c3*1-25-9-21-23-17(25)16-6-5-15(30-16)13-8-14(26(2)31(28,29)24-13)18(27)22-10-3-4-12(20)11(19)7-10;;;/h3*3-7,9,13-14,24H,8H2,1-2H3,(H,22,27);3*1H4/p+2/t2*13-,14+;;;;/m10..../s1. The van der Waals surface area contributed by atoms with Crippen LogP contribution in [0.4, 0.5) is 30.2 Å². The van der Waals surface area contributed by atoms with Gasteiger partial charge in [-0.3, -0.25) is 14.4 Å². The van der Waals surface area contributed by atoms with E-state index in [0.717, 1.165) is 72.0 Å². The van der Waals surface area contributed by atoms with Crippen molar-refractivity contribution in [3.63, 3.8) is 0 Å². The van der Waals surface area contributed by atoms with E-state index in [0.29, 0.717) is 5.82 Å². The number of aromatic amines is 2. The molecule has 0 aliphatic carbocycles. The van der Waals surface area contributed by atoms with Gasteiger partial charge in [0.05, 0.1) is 52.2 Å². The molecule has 0 bridgehead atoms. The summed E-state index contributed by atoms with van der Waals surface area (Å²) in [6.45, 7) is 0. The fraction of sp³-hybridized carbons (Fsp3) is 0.316. The monoisotopic (exact) mass is 1500 g/mol. The molecule has 27 nitrogen and oxygen atoms in total. The van der Waals surface area contributed by atoms with Crippen LogP contribution in [0.25, 0.3) is 32.1 Å². The lowest BCUT2D eigenvalue weighted by molar-refractivity contribution is -0.660. The molecule has 3 saturated heterocycles. The number of thiophene rings is 3. The second kappa shape index (κ2) is 31.2. The summed E-state index contributed by atoms with van der Waals surface area (Å²) < 4.78 is 132. The third-order valence-electron chi connectivity index (χ3n) is 15.0. The molecule has 3 aromatic carbocycles. The number of nitrogens with one attached hydrogen (secondary N) is 8. The molecular weight excluding hydrogens is 1440 g/mol. The van der Waals surface area contributed by atoms with Gasteiger partial charge in [0.15, 0.2) is 5.82 Å². The Morgan fingerprint density at radius 2 is 0.823 bits per heavy atom. The first-order valence-corrected chi connectivity index (χ1v) is 35.3. The summed E-state index contributed by atoms with van der Waals surface area (Å²) in [5, 5.41) is 29.1. The number of carbonyl (C=O) groups is 3. The zero-order valence-corrected chi connectivity index (χ0v) is 56.5. The van der Waals surface area contributed by atoms with E-state index in [1.54, 1.807) is 23.5 Å². The van der Waals surface area contributed by atoms with Crippen LogP contribution in [0.1, 0.15) is 74.3 Å². The van der Waals surface area contributed by atoms with Crippen LogP contribution in [0.5, 0.6) is 0 Å². The number of aromatic nitrogens is 9. The van der Waals surface area contributed by atoms with E-state index in [1.165, 1.54) is 91.6 Å². The van der Waals surface area contributed by atoms with E-state index in [2.05, 4.69) is 60.7 Å². The number of carbonyl (C=O) groups excluding carboxylic acids is 3. The predicted octanol–water partition coefficient (Wildman–Crippen LogP) is 8.41. The molecule has 3 aliphatic rings. The average molecular weight is 1510 g/mol. The van der Waals surface area contributed by atoms with E-state index in [9.17, 15) is 52.8 Å². The van der Waals surface area contributed by atoms with Crippen molar-refractivity contribution in [3.8, 4) is 32.1 Å². The maximum Gasteiger partial charge on any atom is 0.280 e. The van der Waals surface area contributed by atoms with Gasteiger partial charge in [-0.05, 0) is 110 Å². The fourth-order valence-corrected chi connectivity index (χ4v) is 17.8. The van der Waals surface area contributed by atoms with Crippen molar-refractivity contribution in [2.75, 3.05) is 37.1 Å². The summed E-state index contributed by atoms with van der Waals surface area (Å²) >= 11 is 21.5. The molecule has 2 unspecified atom stereocenters. The Bertz CT molecular complexity index is 4190. The van der Waals surface area contributed by atoms with Gasteiger partial charge < -0.3 is 20.5 Å². The lowest BCUT2D eigenvalue weighted by atomic mass is 10.1. The Kier molecular flexibility index (Phi) is 24.7. The molecule has 6 atom stereocenters. The predicted molar refractivity (Wildman–Crippen MR) is 364 cm³/mol. The number of benzene rings is 3. The minimum absolute atomic E-state index is 0. The highest BCUT2D eigenvalue weighted by Gasteiger charge is 2.44. The summed E-state index contributed by atoms with van der Waals surface area (Å²) in [7, 11) is -2.18. The van der Waals surface area contributed by atoms with Crippen LogP contribution in [0.15, 0.2) is 110 Å². The Hall–Kier alpha value is -7.14. The normalized spacial score (nSPS) is 20.5. The van der Waals surface area contributed by atoms with Crippen molar-refractivity contribution < 1.29 is 61.9 Å². The number of aryl methyl sites for hydroxylation is 3. The number of hydrogen-bond acceptors (Lipinski definition) is 16. The van der Waals surface area contributed by atoms with Crippen molar-refractivity contribution in [1.82, 2.24) is 62.2 Å². The van der Waals surface area contributed by atoms with Gasteiger partial charge in [-0.15, -0.1) is 54.4 Å². The number of rotatable bonds is 12. The Morgan fingerprint density at radius 3 is 1.10 bits per heavy atom. The summed E-state index contributed by atoms with van der Waals surface area (Å²) in [6, 6.07) is 17.7. The zero-order valence-electron chi connectivity index (χ0n) is 49.3. The number of H-pyrrole nitrogens is 2. The first-order chi connectivity index (χ1) is 44.0. The molecule has 0 saturated carbocycles. The lowest BCUT2D eigenvalue weighted by Gasteiger charge is -2.35. The van der Waals surface area contributed by atoms with Crippen LogP contribution in [-0.2, 0) is 66.2 Å². The molecule has 9 heterocycles. The van der Waals surface area contributed by atoms with Crippen molar-refractivity contribution in [3.05, 3.63) is 157 Å². The van der Waals surface area contributed by atoms with Crippen molar-refractivity contribution >= 4 is 134 Å². The molecular formula is C57H68Cl3F3N18O9S6+2. The first kappa shape index (κ1) is 76.2. The minimum Gasteiger partial charge on any atom is -0.325 e. The third kappa shape index (κ3) is 17.0. The average Bonchev–Trinajstić information content (AvgIpc) is 1.05. The van der Waals surface area contributed by atoms with E-state index < -0.39 is 102 Å². The molecule has 39 heteroatoms. The second-order valence-corrected chi connectivity index (χ2v) is 31.0. The molecule has 3 fully saturated rings. The van der Waals surface area contributed by atoms with Crippen molar-refractivity contribution in [2.24, 2.45) is 21.1 Å². The minimum atomic E-state index is -3.90. The van der Waals surface area contributed by atoms with Gasteiger partial charge in [0.1, 0.15) is 51.7 Å². The van der Waals surface area contributed by atoms with Gasteiger partial charge in [-0.2, -0.15) is 52.3 Å². The summed E-state index contributed by atoms with van der Waals surface area (Å²) in [5.74, 6) is -1.20. The number of likely N-dealkylation sites (N-methyl/N-ethyl adjacent to an activating group) is 3. The highest BCUT2D eigenvalue weighted by Crippen LogP contribution is 2.39. The van der Waals surface area contributed by atoms with Crippen molar-refractivity contribution in [1.29, 1.82) is 0 Å². The fourth-order valence-electron chi connectivity index (χ4n) is 9.87. The van der Waals surface area contributed by atoms with Gasteiger partial charge in [0, 0.05) is 70.1 Å². The molecule has 0 radical (unpaired) electrons.